The number of amides is 1. The Balaban J connectivity index is 1.55. The summed E-state index contributed by atoms with van der Waals surface area (Å²) in [7, 11) is 3.45. The van der Waals surface area contributed by atoms with Crippen LogP contribution in [-0.4, -0.2) is 33.5 Å². The first kappa shape index (κ1) is 20.7. The van der Waals surface area contributed by atoms with Crippen molar-refractivity contribution in [1.82, 2.24) is 14.8 Å². The fourth-order valence-electron chi connectivity index (χ4n) is 2.62. The molecule has 7 nitrogen and oxygen atoms in total. The number of para-hydroxylation sites is 2. The zero-order chi connectivity index (χ0) is 20.8. The Bertz CT molecular complexity index is 1000. The molecular formula is C21H24N4O3S. The Morgan fingerprint density at radius 2 is 1.86 bits per heavy atom. The lowest BCUT2D eigenvalue weighted by Gasteiger charge is -2.10. The van der Waals surface area contributed by atoms with Gasteiger partial charge in [0.15, 0.2) is 22.5 Å². The Morgan fingerprint density at radius 1 is 1.10 bits per heavy atom. The van der Waals surface area contributed by atoms with Crippen LogP contribution in [-0.2, 0) is 18.4 Å². The van der Waals surface area contributed by atoms with E-state index in [1.807, 2.05) is 67.9 Å². The number of rotatable bonds is 8. The fraction of sp³-hybridized carbons (Fsp3) is 0.286. The fourth-order valence-corrected chi connectivity index (χ4v) is 3.35. The Labute approximate surface area is 174 Å². The van der Waals surface area contributed by atoms with Crippen molar-refractivity contribution in [2.24, 2.45) is 7.05 Å². The molecule has 3 aromatic rings. The summed E-state index contributed by atoms with van der Waals surface area (Å²) in [6.07, 6.45) is 0. The van der Waals surface area contributed by atoms with E-state index in [1.54, 1.807) is 7.11 Å². The van der Waals surface area contributed by atoms with E-state index in [4.69, 9.17) is 9.47 Å². The SMILES string of the molecule is COc1ccccc1OCc1nnc(SCC(=O)Nc2ccc(C)c(C)c2)n1C. The van der Waals surface area contributed by atoms with E-state index in [0.29, 0.717) is 22.5 Å². The van der Waals surface area contributed by atoms with Crippen LogP contribution < -0.4 is 14.8 Å². The molecule has 29 heavy (non-hydrogen) atoms. The minimum absolute atomic E-state index is 0.0897. The van der Waals surface area contributed by atoms with Crippen LogP contribution in [0.3, 0.4) is 0 Å². The average molecular weight is 413 g/mol. The summed E-state index contributed by atoms with van der Waals surface area (Å²) in [4.78, 5) is 12.3. The number of aromatic nitrogens is 3. The number of nitrogens with zero attached hydrogens (tertiary/aromatic N) is 3. The number of carbonyl (C=O) groups is 1. The van der Waals surface area contributed by atoms with Gasteiger partial charge in [-0.2, -0.15) is 0 Å². The van der Waals surface area contributed by atoms with Crippen molar-refractivity contribution in [3.05, 3.63) is 59.4 Å². The van der Waals surface area contributed by atoms with Gasteiger partial charge in [-0.25, -0.2) is 0 Å². The van der Waals surface area contributed by atoms with Gasteiger partial charge < -0.3 is 19.4 Å². The van der Waals surface area contributed by atoms with Crippen LogP contribution >= 0.6 is 11.8 Å². The van der Waals surface area contributed by atoms with Gasteiger partial charge in [0, 0.05) is 12.7 Å². The van der Waals surface area contributed by atoms with E-state index in [9.17, 15) is 4.79 Å². The lowest BCUT2D eigenvalue weighted by Crippen LogP contribution is -2.14. The first-order chi connectivity index (χ1) is 14.0. The molecule has 0 atom stereocenters. The molecule has 2 aromatic carbocycles. The molecule has 0 aliphatic rings. The minimum atomic E-state index is -0.0897. The number of thioether (sulfide) groups is 1. The quantitative estimate of drug-likeness (QED) is 0.568. The van der Waals surface area contributed by atoms with Crippen LogP contribution in [0.5, 0.6) is 11.5 Å². The largest absolute Gasteiger partial charge is 0.493 e. The summed E-state index contributed by atoms with van der Waals surface area (Å²) in [5.74, 6) is 2.11. The third kappa shape index (κ3) is 5.29. The van der Waals surface area contributed by atoms with Gasteiger partial charge in [0.1, 0.15) is 6.61 Å². The maximum atomic E-state index is 12.3. The number of aryl methyl sites for hydroxylation is 2. The highest BCUT2D eigenvalue weighted by Gasteiger charge is 2.13. The number of hydrogen-bond donors (Lipinski definition) is 1. The summed E-state index contributed by atoms with van der Waals surface area (Å²) in [6.45, 7) is 4.31. The van der Waals surface area contributed by atoms with Crippen molar-refractivity contribution in [3.8, 4) is 11.5 Å². The zero-order valence-electron chi connectivity index (χ0n) is 16.9. The molecule has 0 aliphatic carbocycles. The molecule has 0 fully saturated rings. The lowest BCUT2D eigenvalue weighted by atomic mass is 10.1. The molecule has 0 spiro atoms. The highest BCUT2D eigenvalue weighted by atomic mass is 32.2. The van der Waals surface area contributed by atoms with Gasteiger partial charge >= 0.3 is 0 Å². The number of benzene rings is 2. The van der Waals surface area contributed by atoms with Crippen molar-refractivity contribution in [3.63, 3.8) is 0 Å². The maximum Gasteiger partial charge on any atom is 0.234 e. The van der Waals surface area contributed by atoms with E-state index in [1.165, 1.54) is 17.3 Å². The highest BCUT2D eigenvalue weighted by molar-refractivity contribution is 7.99. The van der Waals surface area contributed by atoms with E-state index < -0.39 is 0 Å². The normalized spacial score (nSPS) is 10.6. The first-order valence-electron chi connectivity index (χ1n) is 9.12. The Kier molecular flexibility index (Phi) is 6.77. The molecule has 1 amide bonds. The number of methoxy groups -OCH3 is 1. The van der Waals surface area contributed by atoms with Crippen LogP contribution in [0.2, 0.25) is 0 Å². The van der Waals surface area contributed by atoms with Crippen molar-refractivity contribution in [2.75, 3.05) is 18.2 Å². The molecule has 1 N–H and O–H groups in total. The molecule has 1 heterocycles. The topological polar surface area (TPSA) is 78.3 Å². The zero-order valence-corrected chi connectivity index (χ0v) is 17.7. The van der Waals surface area contributed by atoms with Crippen molar-refractivity contribution in [2.45, 2.75) is 25.6 Å². The van der Waals surface area contributed by atoms with Crippen LogP contribution in [0.15, 0.2) is 47.6 Å². The predicted octanol–water partition coefficient (Wildman–Crippen LogP) is 3.75. The summed E-state index contributed by atoms with van der Waals surface area (Å²) < 4.78 is 12.9. The highest BCUT2D eigenvalue weighted by Crippen LogP contribution is 2.26. The van der Waals surface area contributed by atoms with Gasteiger partial charge in [-0.15, -0.1) is 10.2 Å². The smallest absolute Gasteiger partial charge is 0.234 e. The number of anilines is 1. The van der Waals surface area contributed by atoms with Crippen molar-refractivity contribution < 1.29 is 14.3 Å². The van der Waals surface area contributed by atoms with Crippen molar-refractivity contribution >= 4 is 23.4 Å². The molecule has 1 aromatic heterocycles. The molecule has 0 saturated carbocycles. The third-order valence-corrected chi connectivity index (χ3v) is 5.49. The lowest BCUT2D eigenvalue weighted by molar-refractivity contribution is -0.113. The summed E-state index contributed by atoms with van der Waals surface area (Å²) in [5, 5.41) is 11.9. The second kappa shape index (κ2) is 9.47. The van der Waals surface area contributed by atoms with Crippen LogP contribution in [0.1, 0.15) is 17.0 Å². The molecule has 0 saturated heterocycles. The molecule has 0 aliphatic heterocycles. The second-order valence-corrected chi connectivity index (χ2v) is 7.48. The molecule has 0 unspecified atom stereocenters. The standard InChI is InChI=1S/C21H24N4O3S/c1-14-9-10-16(11-15(14)2)22-20(26)13-29-21-24-23-19(25(21)3)12-28-18-8-6-5-7-17(18)27-4/h5-11H,12-13H2,1-4H3,(H,22,26). The van der Waals surface area contributed by atoms with E-state index >= 15 is 0 Å². The van der Waals surface area contributed by atoms with Gasteiger partial charge in [-0.3, -0.25) is 4.79 Å². The monoisotopic (exact) mass is 412 g/mol. The van der Waals surface area contributed by atoms with Gasteiger partial charge in [-0.05, 0) is 49.2 Å². The Morgan fingerprint density at radius 3 is 2.59 bits per heavy atom. The van der Waals surface area contributed by atoms with E-state index in [2.05, 4.69) is 15.5 Å². The van der Waals surface area contributed by atoms with Gasteiger partial charge in [-0.1, -0.05) is 30.0 Å². The minimum Gasteiger partial charge on any atom is -0.493 e. The molecule has 0 radical (unpaired) electrons. The molecule has 3 rings (SSSR count). The first-order valence-corrected chi connectivity index (χ1v) is 10.1. The van der Waals surface area contributed by atoms with Gasteiger partial charge in [0.25, 0.3) is 0 Å². The number of nitrogens with one attached hydrogen (secondary N) is 1. The summed E-state index contributed by atoms with van der Waals surface area (Å²) in [5.41, 5.74) is 3.13. The van der Waals surface area contributed by atoms with E-state index in [-0.39, 0.29) is 18.3 Å². The number of hydrogen-bond acceptors (Lipinski definition) is 6. The van der Waals surface area contributed by atoms with Gasteiger partial charge in [0.2, 0.25) is 5.91 Å². The maximum absolute atomic E-state index is 12.3. The van der Waals surface area contributed by atoms with E-state index in [0.717, 1.165) is 11.3 Å². The van der Waals surface area contributed by atoms with Crippen LogP contribution in [0, 0.1) is 13.8 Å². The summed E-state index contributed by atoms with van der Waals surface area (Å²) in [6, 6.07) is 13.3. The summed E-state index contributed by atoms with van der Waals surface area (Å²) >= 11 is 1.33. The Hall–Kier alpha value is -3.00. The van der Waals surface area contributed by atoms with Crippen molar-refractivity contribution in [1.29, 1.82) is 0 Å². The molecule has 8 heteroatoms. The van der Waals surface area contributed by atoms with Crippen LogP contribution in [0.25, 0.3) is 0 Å². The van der Waals surface area contributed by atoms with Gasteiger partial charge in [0.05, 0.1) is 12.9 Å². The predicted molar refractivity (Wildman–Crippen MR) is 114 cm³/mol. The second-order valence-electron chi connectivity index (χ2n) is 6.53. The molecule has 152 valence electrons. The van der Waals surface area contributed by atoms with Crippen LogP contribution in [0.4, 0.5) is 5.69 Å². The number of ether oxygens (including phenoxy) is 2. The molecule has 0 bridgehead atoms. The average Bonchev–Trinajstić information content (AvgIpc) is 3.07. The number of carbonyl (C=O) groups excluding carboxylic acids is 1. The molecular weight excluding hydrogens is 388 g/mol. The third-order valence-electron chi connectivity index (χ3n) is 4.47.